The number of halogens is 1. The Bertz CT molecular complexity index is 1410. The Hall–Kier alpha value is -4.48. The van der Waals surface area contributed by atoms with Crippen LogP contribution in [0.25, 0.3) is 0 Å². The summed E-state index contributed by atoms with van der Waals surface area (Å²) in [7, 11) is 0. The molecule has 1 aromatic heterocycles. The van der Waals surface area contributed by atoms with Crippen LogP contribution in [0.15, 0.2) is 60.8 Å². The first-order chi connectivity index (χ1) is 18.2. The molecule has 3 aromatic rings. The van der Waals surface area contributed by atoms with E-state index in [1.807, 2.05) is 0 Å². The Balaban J connectivity index is 1.49. The van der Waals surface area contributed by atoms with Gasteiger partial charge in [0.2, 0.25) is 5.95 Å². The van der Waals surface area contributed by atoms with Crippen molar-refractivity contribution in [2.75, 3.05) is 35.6 Å². The summed E-state index contributed by atoms with van der Waals surface area (Å²) in [6, 6.07) is 10.8. The molecule has 6 N–H and O–H groups in total. The minimum absolute atomic E-state index is 0.0524. The Labute approximate surface area is 223 Å². The lowest BCUT2D eigenvalue weighted by atomic mass is 10.1. The number of nitrogens with one attached hydrogen (secondary N) is 3. The molecule has 0 spiro atoms. The number of primary amides is 1. The van der Waals surface area contributed by atoms with E-state index in [0.717, 1.165) is 25.9 Å². The van der Waals surface area contributed by atoms with E-state index in [9.17, 15) is 19.5 Å². The van der Waals surface area contributed by atoms with E-state index >= 15 is 0 Å². The third kappa shape index (κ3) is 6.44. The van der Waals surface area contributed by atoms with Gasteiger partial charge in [-0.3, -0.25) is 19.3 Å². The highest BCUT2D eigenvalue weighted by molar-refractivity contribution is 6.43. The van der Waals surface area contributed by atoms with Gasteiger partial charge in [0.25, 0.3) is 17.6 Å². The monoisotopic (exact) mass is 535 g/mol. The topological polar surface area (TPSA) is 163 Å². The maximum Gasteiger partial charge on any atom is 0.289 e. The molecule has 4 rings (SSSR count). The quantitative estimate of drug-likeness (QED) is 0.0858. The van der Waals surface area contributed by atoms with E-state index in [-0.39, 0.29) is 45.4 Å². The molecule has 2 amide bonds. The number of hydrogen-bond acceptors (Lipinski definition) is 9. The molecule has 0 radical (unpaired) electrons. The van der Waals surface area contributed by atoms with Crippen molar-refractivity contribution >= 4 is 58.0 Å². The summed E-state index contributed by atoms with van der Waals surface area (Å²) in [4.78, 5) is 46.8. The van der Waals surface area contributed by atoms with Gasteiger partial charge >= 0.3 is 0 Å². The van der Waals surface area contributed by atoms with Crippen molar-refractivity contribution in [2.45, 2.75) is 12.8 Å². The van der Waals surface area contributed by atoms with Crippen molar-refractivity contribution in [3.8, 4) is 5.75 Å². The second-order valence-corrected chi connectivity index (χ2v) is 9.06. The predicted octanol–water partition coefficient (Wildman–Crippen LogP) is 3.58. The zero-order chi connectivity index (χ0) is 27.2. The van der Waals surface area contributed by atoms with Crippen LogP contribution >= 0.6 is 11.6 Å². The van der Waals surface area contributed by atoms with E-state index in [1.54, 1.807) is 24.3 Å². The number of anilines is 5. The molecule has 1 aliphatic heterocycles. The Morgan fingerprint density at radius 3 is 2.55 bits per heavy atom. The summed E-state index contributed by atoms with van der Waals surface area (Å²) in [5.74, 6) is -2.19. The third-order valence-corrected chi connectivity index (χ3v) is 6.10. The van der Waals surface area contributed by atoms with E-state index in [0.29, 0.717) is 17.8 Å². The van der Waals surface area contributed by atoms with Crippen LogP contribution in [0.2, 0.25) is 5.02 Å². The summed E-state index contributed by atoms with van der Waals surface area (Å²) in [5, 5.41) is 19.1. The Kier molecular flexibility index (Phi) is 8.19. The highest BCUT2D eigenvalue weighted by Gasteiger charge is 2.19. The van der Waals surface area contributed by atoms with E-state index in [1.165, 1.54) is 24.4 Å². The number of hydrogen-bond donors (Lipinski definition) is 5. The van der Waals surface area contributed by atoms with Crippen LogP contribution in [0.4, 0.5) is 28.8 Å². The van der Waals surface area contributed by atoms with Crippen LogP contribution < -0.4 is 21.7 Å². The molecule has 2 aromatic carbocycles. The number of ketones is 1. The number of amides is 2. The summed E-state index contributed by atoms with van der Waals surface area (Å²) in [6.07, 6.45) is 3.55. The van der Waals surface area contributed by atoms with Gasteiger partial charge in [-0.05, 0) is 56.3 Å². The molecule has 0 bridgehead atoms. The number of carbonyl (C=O) groups excluding carboxylic acids is 3. The lowest BCUT2D eigenvalue weighted by Crippen LogP contribution is -2.27. The maximum absolute atomic E-state index is 12.6. The zero-order valence-corrected chi connectivity index (χ0v) is 21.1. The number of aromatic hydroxyl groups is 1. The normalized spacial score (nSPS) is 13.1. The van der Waals surface area contributed by atoms with Crippen LogP contribution in [0, 0.1) is 0 Å². The lowest BCUT2D eigenvalue weighted by molar-refractivity contribution is -0.114. The molecule has 0 saturated carbocycles. The van der Waals surface area contributed by atoms with Crippen molar-refractivity contribution in [3.05, 3.63) is 71.4 Å². The molecule has 38 heavy (non-hydrogen) atoms. The van der Waals surface area contributed by atoms with Gasteiger partial charge in [0.15, 0.2) is 5.82 Å². The second-order valence-electron chi connectivity index (χ2n) is 8.65. The zero-order valence-electron chi connectivity index (χ0n) is 20.3. The smallest absolute Gasteiger partial charge is 0.289 e. The second kappa shape index (κ2) is 11.7. The van der Waals surface area contributed by atoms with Crippen molar-refractivity contribution in [3.63, 3.8) is 0 Å². The highest BCUT2D eigenvalue weighted by Crippen LogP contribution is 2.31. The number of benzene rings is 2. The Morgan fingerprint density at radius 2 is 1.82 bits per heavy atom. The third-order valence-electron chi connectivity index (χ3n) is 5.83. The average Bonchev–Trinajstić information content (AvgIpc) is 3.41. The van der Waals surface area contributed by atoms with Crippen LogP contribution in [-0.2, 0) is 9.59 Å². The number of para-hydroxylation sites is 1. The molecule has 1 aliphatic rings. The summed E-state index contributed by atoms with van der Waals surface area (Å²) < 4.78 is 0. The minimum atomic E-state index is -1.10. The van der Waals surface area contributed by atoms with Crippen molar-refractivity contribution < 1.29 is 19.5 Å². The van der Waals surface area contributed by atoms with Crippen LogP contribution in [0.1, 0.15) is 23.2 Å². The van der Waals surface area contributed by atoms with Gasteiger partial charge in [-0.1, -0.05) is 30.3 Å². The predicted molar refractivity (Wildman–Crippen MR) is 145 cm³/mol. The van der Waals surface area contributed by atoms with Gasteiger partial charge in [0.05, 0.1) is 23.1 Å². The first-order valence-electron chi connectivity index (χ1n) is 11.8. The standard InChI is InChI=1S/C26H26ClN7O4/c1-15(14-34-10-4-5-11-34)25(38)30-16-8-9-21(35)20(12-16)32-26-29-13-18(27)24(33-26)31-19-7-3-2-6-17(19)22(36)23(28)37/h2-3,6-9,12-13,35H,1,4-5,10-11,14H2,(H2,28,37)(H,30,38)(H2,29,31,32,33). The molecule has 0 unspecified atom stereocenters. The fraction of sp³-hybridized carbons (Fsp3) is 0.192. The van der Waals surface area contributed by atoms with Crippen molar-refractivity contribution in [1.82, 2.24) is 14.9 Å². The largest absolute Gasteiger partial charge is 0.506 e. The van der Waals surface area contributed by atoms with Gasteiger partial charge in [-0.15, -0.1) is 0 Å². The number of phenolic OH excluding ortho intramolecular Hbond substituents is 1. The molecule has 196 valence electrons. The number of Topliss-reactive ketones (excluding diaryl/α,β-unsaturated/α-hetero) is 1. The average molecular weight is 536 g/mol. The van der Waals surface area contributed by atoms with E-state index in [2.05, 4.69) is 37.4 Å². The number of nitrogens with two attached hydrogens (primary N) is 1. The summed E-state index contributed by atoms with van der Waals surface area (Å²) in [5.41, 5.74) is 6.57. The van der Waals surface area contributed by atoms with Crippen LogP contribution in [-0.4, -0.2) is 57.2 Å². The Morgan fingerprint density at radius 1 is 1.08 bits per heavy atom. The molecular formula is C26H26ClN7O4. The first kappa shape index (κ1) is 26.6. The minimum Gasteiger partial charge on any atom is -0.506 e. The van der Waals surface area contributed by atoms with Crippen LogP contribution in [0.5, 0.6) is 5.75 Å². The van der Waals surface area contributed by atoms with Gasteiger partial charge in [-0.25, -0.2) is 4.98 Å². The molecule has 1 saturated heterocycles. The molecular weight excluding hydrogens is 510 g/mol. The number of carbonyl (C=O) groups is 3. The number of likely N-dealkylation sites (tertiary alicyclic amines) is 1. The number of nitrogens with zero attached hydrogens (tertiary/aromatic N) is 3. The lowest BCUT2D eigenvalue weighted by Gasteiger charge is -2.16. The number of rotatable bonds is 10. The van der Waals surface area contributed by atoms with Gasteiger partial charge in [0.1, 0.15) is 10.8 Å². The number of phenols is 1. The molecule has 2 heterocycles. The fourth-order valence-electron chi connectivity index (χ4n) is 3.90. The fourth-order valence-corrected chi connectivity index (χ4v) is 4.04. The van der Waals surface area contributed by atoms with Crippen molar-refractivity contribution in [1.29, 1.82) is 0 Å². The molecule has 0 atom stereocenters. The van der Waals surface area contributed by atoms with Crippen molar-refractivity contribution in [2.24, 2.45) is 5.73 Å². The molecule has 0 aliphatic carbocycles. The SMILES string of the molecule is C=C(CN1CCCC1)C(=O)Nc1ccc(O)c(Nc2ncc(Cl)c(Nc3ccccc3C(=O)C(N)=O)n2)c1. The molecule has 1 fully saturated rings. The first-order valence-corrected chi connectivity index (χ1v) is 12.1. The molecule has 11 nitrogen and oxygen atoms in total. The summed E-state index contributed by atoms with van der Waals surface area (Å²) in [6.45, 7) is 6.29. The van der Waals surface area contributed by atoms with Gasteiger partial charge in [0, 0.05) is 17.8 Å². The van der Waals surface area contributed by atoms with E-state index < -0.39 is 11.7 Å². The number of aromatic nitrogens is 2. The summed E-state index contributed by atoms with van der Waals surface area (Å²) >= 11 is 6.25. The molecule has 12 heteroatoms. The van der Waals surface area contributed by atoms with Gasteiger partial charge in [-0.2, -0.15) is 4.98 Å². The van der Waals surface area contributed by atoms with Crippen LogP contribution in [0.3, 0.4) is 0 Å². The maximum atomic E-state index is 12.6. The highest BCUT2D eigenvalue weighted by atomic mass is 35.5. The van der Waals surface area contributed by atoms with E-state index in [4.69, 9.17) is 17.3 Å². The van der Waals surface area contributed by atoms with Gasteiger partial charge < -0.3 is 26.8 Å².